The summed E-state index contributed by atoms with van der Waals surface area (Å²) in [6.07, 6.45) is 1.64. The number of nitrogens with zero attached hydrogens (tertiary/aromatic N) is 2. The molecule has 1 fully saturated rings. The fourth-order valence-corrected chi connectivity index (χ4v) is 3.13. The molecule has 23 heavy (non-hydrogen) atoms. The van der Waals surface area contributed by atoms with Gasteiger partial charge in [-0.2, -0.15) is 0 Å². The van der Waals surface area contributed by atoms with E-state index in [1.807, 2.05) is 31.2 Å². The van der Waals surface area contributed by atoms with Crippen LogP contribution in [0.15, 0.2) is 30.5 Å². The number of benzene rings is 1. The van der Waals surface area contributed by atoms with Gasteiger partial charge in [0.1, 0.15) is 0 Å². The van der Waals surface area contributed by atoms with Crippen molar-refractivity contribution in [2.75, 3.05) is 13.1 Å². The van der Waals surface area contributed by atoms with Crippen molar-refractivity contribution in [1.82, 2.24) is 15.2 Å². The Hall–Kier alpha value is -2.43. The molecule has 5 nitrogen and oxygen atoms in total. The second-order valence-corrected chi connectivity index (χ2v) is 6.41. The fourth-order valence-electron chi connectivity index (χ4n) is 3.13. The standard InChI is InChI=1S/C18H21N3O2/c1-11-4-5-16-14(6-11)7-15(8-19-16)18(23)21-9-12(2)17(10-21)20-13(3)22/h4-8,12,17H,9-10H2,1-3H3,(H,20,22). The molecule has 0 saturated carbocycles. The molecule has 2 atom stereocenters. The molecule has 2 unspecified atom stereocenters. The summed E-state index contributed by atoms with van der Waals surface area (Å²) in [5, 5.41) is 3.89. The lowest BCUT2D eigenvalue weighted by atomic mass is 10.1. The molecule has 2 heterocycles. The molecule has 1 aromatic heterocycles. The number of aromatic nitrogens is 1. The Bertz CT molecular complexity index is 772. The monoisotopic (exact) mass is 311 g/mol. The molecular formula is C18H21N3O2. The van der Waals surface area contributed by atoms with E-state index in [-0.39, 0.29) is 23.8 Å². The molecule has 0 radical (unpaired) electrons. The molecule has 0 bridgehead atoms. The van der Waals surface area contributed by atoms with Crippen molar-refractivity contribution in [1.29, 1.82) is 0 Å². The summed E-state index contributed by atoms with van der Waals surface area (Å²) in [6, 6.07) is 7.92. The average Bonchev–Trinajstić information content (AvgIpc) is 2.86. The van der Waals surface area contributed by atoms with Gasteiger partial charge in [-0.25, -0.2) is 0 Å². The Morgan fingerprint density at radius 1 is 1.26 bits per heavy atom. The van der Waals surface area contributed by atoms with E-state index in [1.54, 1.807) is 11.1 Å². The maximum Gasteiger partial charge on any atom is 0.255 e. The highest BCUT2D eigenvalue weighted by Gasteiger charge is 2.33. The Balaban J connectivity index is 1.82. The van der Waals surface area contributed by atoms with Crippen molar-refractivity contribution in [2.24, 2.45) is 5.92 Å². The lowest BCUT2D eigenvalue weighted by molar-refractivity contribution is -0.119. The molecule has 120 valence electrons. The first-order valence-electron chi connectivity index (χ1n) is 7.87. The molecule has 1 aliphatic rings. The quantitative estimate of drug-likeness (QED) is 0.924. The van der Waals surface area contributed by atoms with Crippen LogP contribution in [0.5, 0.6) is 0 Å². The van der Waals surface area contributed by atoms with E-state index in [0.29, 0.717) is 18.7 Å². The highest BCUT2D eigenvalue weighted by molar-refractivity contribution is 5.97. The zero-order valence-electron chi connectivity index (χ0n) is 13.7. The summed E-state index contributed by atoms with van der Waals surface area (Å²) >= 11 is 0. The number of amides is 2. The average molecular weight is 311 g/mol. The molecule has 0 aliphatic carbocycles. The molecule has 3 rings (SSSR count). The van der Waals surface area contributed by atoms with Gasteiger partial charge in [0.05, 0.1) is 17.1 Å². The third-order valence-corrected chi connectivity index (χ3v) is 4.37. The van der Waals surface area contributed by atoms with Crippen molar-refractivity contribution >= 4 is 22.7 Å². The second kappa shape index (κ2) is 5.99. The van der Waals surface area contributed by atoms with Crippen LogP contribution in [0, 0.1) is 12.8 Å². The van der Waals surface area contributed by atoms with Crippen LogP contribution in [-0.2, 0) is 4.79 Å². The minimum absolute atomic E-state index is 0.0205. The smallest absolute Gasteiger partial charge is 0.255 e. The normalized spacial score (nSPS) is 20.7. The molecule has 1 aromatic carbocycles. The van der Waals surface area contributed by atoms with E-state index in [4.69, 9.17) is 0 Å². The van der Waals surface area contributed by atoms with Crippen LogP contribution in [0.4, 0.5) is 0 Å². The molecule has 5 heteroatoms. The third kappa shape index (κ3) is 3.18. The zero-order valence-corrected chi connectivity index (χ0v) is 13.7. The zero-order chi connectivity index (χ0) is 16.6. The number of fused-ring (bicyclic) bond motifs is 1. The summed E-state index contributed by atoms with van der Waals surface area (Å²) in [7, 11) is 0. The van der Waals surface area contributed by atoms with Gasteiger partial charge in [0.2, 0.25) is 5.91 Å². The number of pyridine rings is 1. The Morgan fingerprint density at radius 3 is 2.78 bits per heavy atom. The van der Waals surface area contributed by atoms with Gasteiger partial charge in [-0.15, -0.1) is 0 Å². The van der Waals surface area contributed by atoms with Crippen molar-refractivity contribution in [2.45, 2.75) is 26.8 Å². The summed E-state index contributed by atoms with van der Waals surface area (Å²) in [4.78, 5) is 30.2. The first-order valence-corrected chi connectivity index (χ1v) is 7.87. The van der Waals surface area contributed by atoms with Gasteiger partial charge >= 0.3 is 0 Å². The van der Waals surface area contributed by atoms with Crippen LogP contribution in [-0.4, -0.2) is 40.8 Å². The molecule has 2 aromatic rings. The van der Waals surface area contributed by atoms with E-state index >= 15 is 0 Å². The second-order valence-electron chi connectivity index (χ2n) is 6.41. The van der Waals surface area contributed by atoms with E-state index in [2.05, 4.69) is 17.2 Å². The van der Waals surface area contributed by atoms with Crippen molar-refractivity contribution < 1.29 is 9.59 Å². The van der Waals surface area contributed by atoms with E-state index in [1.165, 1.54) is 6.92 Å². The maximum atomic E-state index is 12.7. The highest BCUT2D eigenvalue weighted by atomic mass is 16.2. The molecular weight excluding hydrogens is 290 g/mol. The van der Waals surface area contributed by atoms with E-state index in [9.17, 15) is 9.59 Å². The minimum atomic E-state index is -0.0565. The van der Waals surface area contributed by atoms with Gasteiger partial charge in [0, 0.05) is 31.6 Å². The van der Waals surface area contributed by atoms with Gasteiger partial charge in [0.15, 0.2) is 0 Å². The van der Waals surface area contributed by atoms with Crippen LogP contribution < -0.4 is 5.32 Å². The van der Waals surface area contributed by atoms with E-state index in [0.717, 1.165) is 16.5 Å². The number of likely N-dealkylation sites (tertiary alicyclic amines) is 1. The van der Waals surface area contributed by atoms with Crippen LogP contribution >= 0.6 is 0 Å². The number of carbonyl (C=O) groups is 2. The number of hydrogen-bond donors (Lipinski definition) is 1. The van der Waals surface area contributed by atoms with Crippen molar-refractivity contribution in [3.63, 3.8) is 0 Å². The van der Waals surface area contributed by atoms with Gasteiger partial charge in [0.25, 0.3) is 5.91 Å². The fraction of sp³-hybridized carbons (Fsp3) is 0.389. The lowest BCUT2D eigenvalue weighted by Crippen LogP contribution is -2.39. The number of carbonyl (C=O) groups excluding carboxylic acids is 2. The summed E-state index contributed by atoms with van der Waals surface area (Å²) in [5.74, 6) is 0.165. The van der Waals surface area contributed by atoms with Crippen molar-refractivity contribution in [3.05, 3.63) is 41.6 Å². The molecule has 1 saturated heterocycles. The molecule has 2 amide bonds. The maximum absolute atomic E-state index is 12.7. The summed E-state index contributed by atoms with van der Waals surface area (Å²) in [5.41, 5.74) is 2.63. The number of aryl methyl sites for hydroxylation is 1. The first-order chi connectivity index (χ1) is 10.9. The molecule has 1 N–H and O–H groups in total. The van der Waals surface area contributed by atoms with Crippen LogP contribution in [0.2, 0.25) is 0 Å². The predicted octanol–water partition coefficient (Wildman–Crippen LogP) is 2.14. The SMILES string of the molecule is CC(=O)NC1CN(C(=O)c2cnc3ccc(C)cc3c2)CC1C. The highest BCUT2D eigenvalue weighted by Crippen LogP contribution is 2.21. The molecule has 1 aliphatic heterocycles. The van der Waals surface area contributed by atoms with Gasteiger partial charge in [-0.1, -0.05) is 18.6 Å². The Morgan fingerprint density at radius 2 is 2.04 bits per heavy atom. The number of nitrogens with one attached hydrogen (secondary N) is 1. The third-order valence-electron chi connectivity index (χ3n) is 4.37. The van der Waals surface area contributed by atoms with E-state index < -0.39 is 0 Å². The predicted molar refractivity (Wildman–Crippen MR) is 89.2 cm³/mol. The topological polar surface area (TPSA) is 62.3 Å². The number of hydrogen-bond acceptors (Lipinski definition) is 3. The Kier molecular flexibility index (Phi) is 4.03. The summed E-state index contributed by atoms with van der Waals surface area (Å²) < 4.78 is 0. The van der Waals surface area contributed by atoms with Crippen molar-refractivity contribution in [3.8, 4) is 0 Å². The summed E-state index contributed by atoms with van der Waals surface area (Å²) in [6.45, 7) is 6.78. The lowest BCUT2D eigenvalue weighted by Gasteiger charge is -2.17. The van der Waals surface area contributed by atoms with Crippen LogP contribution in [0.3, 0.4) is 0 Å². The molecule has 0 spiro atoms. The minimum Gasteiger partial charge on any atom is -0.351 e. The largest absolute Gasteiger partial charge is 0.351 e. The van der Waals surface area contributed by atoms with Crippen LogP contribution in [0.25, 0.3) is 10.9 Å². The van der Waals surface area contributed by atoms with Gasteiger partial charge in [-0.3, -0.25) is 14.6 Å². The van der Waals surface area contributed by atoms with Gasteiger partial charge < -0.3 is 10.2 Å². The number of rotatable bonds is 2. The van der Waals surface area contributed by atoms with Crippen LogP contribution in [0.1, 0.15) is 29.8 Å². The van der Waals surface area contributed by atoms with Gasteiger partial charge in [-0.05, 0) is 31.0 Å². The Labute approximate surface area is 135 Å². The first kappa shape index (κ1) is 15.5.